The molecule has 0 saturated heterocycles. The molecule has 0 bridgehead atoms. The van der Waals surface area contributed by atoms with Crippen molar-refractivity contribution in [3.05, 3.63) is 188 Å². The number of fused-ring (bicyclic) bond motifs is 6. The summed E-state index contributed by atoms with van der Waals surface area (Å²) in [4.78, 5) is 0. The third kappa shape index (κ3) is 4.65. The molecular weight excluding hydrogens is 607 g/mol. The van der Waals surface area contributed by atoms with Gasteiger partial charge in [-0.25, -0.2) is 0 Å². The molecule has 10 rings (SSSR count). The largest absolute Gasteiger partial charge is 0.456 e. The van der Waals surface area contributed by atoms with E-state index in [9.17, 15) is 0 Å². The summed E-state index contributed by atoms with van der Waals surface area (Å²) in [6.07, 6.45) is 0. The van der Waals surface area contributed by atoms with Gasteiger partial charge in [-0.15, -0.1) is 0 Å². The molecule has 0 saturated carbocycles. The van der Waals surface area contributed by atoms with Crippen molar-refractivity contribution in [2.24, 2.45) is 0 Å². The summed E-state index contributed by atoms with van der Waals surface area (Å²) in [6.45, 7) is 0. The molecular formula is C48H31NO. The molecule has 10 aromatic rings. The summed E-state index contributed by atoms with van der Waals surface area (Å²) >= 11 is 0. The van der Waals surface area contributed by atoms with Crippen molar-refractivity contribution in [2.75, 3.05) is 0 Å². The quantitative estimate of drug-likeness (QED) is 0.184. The summed E-state index contributed by atoms with van der Waals surface area (Å²) in [5, 5.41) is 4.82. The third-order valence-corrected chi connectivity index (χ3v) is 10.0. The van der Waals surface area contributed by atoms with Gasteiger partial charge in [0.25, 0.3) is 0 Å². The first-order chi connectivity index (χ1) is 24.8. The topological polar surface area (TPSA) is 18.1 Å². The summed E-state index contributed by atoms with van der Waals surface area (Å²) in [5.41, 5.74) is 15.0. The van der Waals surface area contributed by atoms with Crippen LogP contribution >= 0.6 is 0 Å². The van der Waals surface area contributed by atoms with Crippen molar-refractivity contribution in [1.82, 2.24) is 4.57 Å². The first-order valence-electron chi connectivity index (χ1n) is 17.1. The zero-order valence-corrected chi connectivity index (χ0v) is 27.3. The van der Waals surface area contributed by atoms with Gasteiger partial charge < -0.3 is 8.98 Å². The average Bonchev–Trinajstić information content (AvgIpc) is 3.74. The molecule has 0 unspecified atom stereocenters. The fourth-order valence-electron chi connectivity index (χ4n) is 7.60. The molecule has 234 valence electrons. The minimum absolute atomic E-state index is 0.918. The van der Waals surface area contributed by atoms with Gasteiger partial charge in [-0.2, -0.15) is 0 Å². The number of furan rings is 1. The Balaban J connectivity index is 1.000. The summed E-state index contributed by atoms with van der Waals surface area (Å²) in [7, 11) is 0. The van der Waals surface area contributed by atoms with Crippen LogP contribution in [0.3, 0.4) is 0 Å². The van der Waals surface area contributed by atoms with Crippen LogP contribution in [0.2, 0.25) is 0 Å². The van der Waals surface area contributed by atoms with Crippen molar-refractivity contribution < 1.29 is 4.42 Å². The van der Waals surface area contributed by atoms with Crippen LogP contribution in [0.4, 0.5) is 0 Å². The molecule has 0 aliphatic rings. The van der Waals surface area contributed by atoms with E-state index in [0.29, 0.717) is 0 Å². The molecule has 2 heteroatoms. The second kappa shape index (κ2) is 11.5. The number of hydrogen-bond acceptors (Lipinski definition) is 1. The third-order valence-electron chi connectivity index (χ3n) is 10.0. The van der Waals surface area contributed by atoms with Crippen LogP contribution in [-0.4, -0.2) is 4.57 Å². The van der Waals surface area contributed by atoms with E-state index in [1.54, 1.807) is 0 Å². The van der Waals surface area contributed by atoms with E-state index in [2.05, 4.69) is 180 Å². The molecule has 0 atom stereocenters. The van der Waals surface area contributed by atoms with Gasteiger partial charge in [0, 0.05) is 27.2 Å². The maximum Gasteiger partial charge on any atom is 0.136 e. The molecule has 0 N–H and O–H groups in total. The molecule has 0 aliphatic carbocycles. The molecule has 2 nitrogen and oxygen atoms in total. The fourth-order valence-corrected chi connectivity index (χ4v) is 7.60. The normalized spacial score (nSPS) is 11.6. The Morgan fingerprint density at radius 3 is 1.68 bits per heavy atom. The lowest BCUT2D eigenvalue weighted by molar-refractivity contribution is 0.669. The number of rotatable bonds is 5. The Morgan fingerprint density at radius 2 is 0.860 bits per heavy atom. The number of para-hydroxylation sites is 2. The van der Waals surface area contributed by atoms with Gasteiger partial charge in [-0.05, 0) is 93.0 Å². The van der Waals surface area contributed by atoms with Gasteiger partial charge in [0.15, 0.2) is 0 Å². The van der Waals surface area contributed by atoms with Crippen molar-refractivity contribution >= 4 is 43.7 Å². The monoisotopic (exact) mass is 637 g/mol. The smallest absolute Gasteiger partial charge is 0.136 e. The molecule has 0 spiro atoms. The van der Waals surface area contributed by atoms with Crippen LogP contribution in [0.25, 0.3) is 93.9 Å². The lowest BCUT2D eigenvalue weighted by atomic mass is 9.97. The van der Waals surface area contributed by atoms with E-state index in [1.807, 2.05) is 12.1 Å². The maximum atomic E-state index is 6.15. The standard InChI is InChI=1S/C48H31NO/c1-2-10-32(11-3-1)36-12-8-13-37(30-36)38-26-29-45-43(31-38)41-14-4-6-17-44(41)49(45)39-27-24-34(25-28-39)33-20-22-35(23-21-33)40-16-9-19-47-48(40)42-15-5-7-18-46(42)50-47/h1-31H. The Hall–Kier alpha value is -6.64. The first kappa shape index (κ1) is 28.4. The summed E-state index contributed by atoms with van der Waals surface area (Å²) in [6, 6.07) is 67.5. The minimum atomic E-state index is 0.918. The fraction of sp³-hybridized carbons (Fsp3) is 0. The SMILES string of the molecule is c1ccc(-c2cccc(-c3ccc4c(c3)c3ccccc3n4-c3ccc(-c4ccc(-c5cccc6oc7ccccc7c56)cc4)cc3)c2)cc1. The average molecular weight is 638 g/mol. The van der Waals surface area contributed by atoms with E-state index in [4.69, 9.17) is 4.42 Å². The molecule has 8 aromatic carbocycles. The van der Waals surface area contributed by atoms with Gasteiger partial charge in [-0.1, -0.05) is 140 Å². The van der Waals surface area contributed by atoms with Gasteiger partial charge in [-0.3, -0.25) is 0 Å². The van der Waals surface area contributed by atoms with Crippen molar-refractivity contribution in [3.8, 4) is 50.2 Å². The zero-order valence-electron chi connectivity index (χ0n) is 27.3. The molecule has 0 fully saturated rings. The Kier molecular flexibility index (Phi) is 6.53. The predicted molar refractivity (Wildman–Crippen MR) is 210 cm³/mol. The molecule has 2 heterocycles. The van der Waals surface area contributed by atoms with Gasteiger partial charge in [0.1, 0.15) is 11.2 Å². The lowest BCUT2D eigenvalue weighted by Crippen LogP contribution is -1.93. The van der Waals surface area contributed by atoms with E-state index >= 15 is 0 Å². The van der Waals surface area contributed by atoms with E-state index < -0.39 is 0 Å². The van der Waals surface area contributed by atoms with Crippen molar-refractivity contribution in [1.29, 1.82) is 0 Å². The molecule has 0 aliphatic heterocycles. The van der Waals surface area contributed by atoms with Crippen LogP contribution in [0.15, 0.2) is 192 Å². The van der Waals surface area contributed by atoms with E-state index in [0.717, 1.165) is 22.2 Å². The van der Waals surface area contributed by atoms with E-state index in [-0.39, 0.29) is 0 Å². The van der Waals surface area contributed by atoms with Crippen LogP contribution in [-0.2, 0) is 0 Å². The second-order valence-corrected chi connectivity index (χ2v) is 12.9. The zero-order chi connectivity index (χ0) is 33.0. The summed E-state index contributed by atoms with van der Waals surface area (Å²) in [5.74, 6) is 0. The van der Waals surface area contributed by atoms with Crippen LogP contribution in [0.5, 0.6) is 0 Å². The molecule has 0 amide bonds. The Labute approximate surface area is 290 Å². The number of benzene rings is 8. The first-order valence-corrected chi connectivity index (χ1v) is 17.1. The number of hydrogen-bond donors (Lipinski definition) is 0. The molecule has 50 heavy (non-hydrogen) atoms. The lowest BCUT2D eigenvalue weighted by Gasteiger charge is -2.11. The second-order valence-electron chi connectivity index (χ2n) is 12.9. The van der Waals surface area contributed by atoms with E-state index in [1.165, 1.54) is 71.7 Å². The number of aromatic nitrogens is 1. The maximum absolute atomic E-state index is 6.15. The molecule has 2 aromatic heterocycles. The highest BCUT2D eigenvalue weighted by Gasteiger charge is 2.15. The highest BCUT2D eigenvalue weighted by atomic mass is 16.3. The summed E-state index contributed by atoms with van der Waals surface area (Å²) < 4.78 is 8.53. The minimum Gasteiger partial charge on any atom is -0.456 e. The highest BCUT2D eigenvalue weighted by molar-refractivity contribution is 6.13. The van der Waals surface area contributed by atoms with Crippen LogP contribution in [0, 0.1) is 0 Å². The Bertz CT molecular complexity index is 2840. The number of nitrogens with zero attached hydrogens (tertiary/aromatic N) is 1. The predicted octanol–water partition coefficient (Wildman–Crippen LogP) is 13.4. The van der Waals surface area contributed by atoms with Crippen molar-refractivity contribution in [2.45, 2.75) is 0 Å². The highest BCUT2D eigenvalue weighted by Crippen LogP contribution is 2.38. The molecule has 0 radical (unpaired) electrons. The Morgan fingerprint density at radius 1 is 0.320 bits per heavy atom. The van der Waals surface area contributed by atoms with Gasteiger partial charge in [0.2, 0.25) is 0 Å². The van der Waals surface area contributed by atoms with Gasteiger partial charge in [0.05, 0.1) is 11.0 Å². The van der Waals surface area contributed by atoms with Gasteiger partial charge >= 0.3 is 0 Å². The van der Waals surface area contributed by atoms with Crippen LogP contribution in [0.1, 0.15) is 0 Å². The van der Waals surface area contributed by atoms with Crippen molar-refractivity contribution in [3.63, 3.8) is 0 Å². The van der Waals surface area contributed by atoms with Crippen LogP contribution < -0.4 is 0 Å².